The minimum Gasteiger partial charge on any atom is -0.481 e. The lowest BCUT2D eigenvalue weighted by Gasteiger charge is -2.45. The van der Waals surface area contributed by atoms with E-state index < -0.39 is 0 Å². The number of aromatic nitrogens is 1. The molecule has 1 spiro atoms. The Hall–Kier alpha value is -1.13. The maximum Gasteiger partial charge on any atom is 0.213 e. The van der Waals surface area contributed by atoms with E-state index in [0.29, 0.717) is 17.5 Å². The third-order valence-corrected chi connectivity index (χ3v) is 4.82. The summed E-state index contributed by atoms with van der Waals surface area (Å²) in [6.45, 7) is 5.45. The highest BCUT2D eigenvalue weighted by atomic mass is 16.5. The molecule has 1 atom stereocenters. The van der Waals surface area contributed by atoms with E-state index in [1.165, 1.54) is 25.7 Å². The molecule has 2 heterocycles. The molecule has 1 N–H and O–H groups in total. The van der Waals surface area contributed by atoms with Gasteiger partial charge in [0.1, 0.15) is 0 Å². The van der Waals surface area contributed by atoms with Crippen LogP contribution in [0.15, 0.2) is 18.2 Å². The van der Waals surface area contributed by atoms with Crippen LogP contribution in [0.25, 0.3) is 0 Å². The summed E-state index contributed by atoms with van der Waals surface area (Å²) in [6.07, 6.45) is 5.38. The number of nitrogens with zero attached hydrogens (tertiary/aromatic N) is 2. The molecule has 0 amide bonds. The first kappa shape index (κ1) is 13.8. The molecule has 110 valence electrons. The summed E-state index contributed by atoms with van der Waals surface area (Å²) in [6, 6.07) is 6.59. The Labute approximate surface area is 121 Å². The number of nitrogens with one attached hydrogen (secondary N) is 1. The first-order valence-corrected chi connectivity index (χ1v) is 7.70. The van der Waals surface area contributed by atoms with Gasteiger partial charge >= 0.3 is 0 Å². The first-order valence-electron chi connectivity index (χ1n) is 7.70. The Morgan fingerprint density at radius 3 is 2.95 bits per heavy atom. The van der Waals surface area contributed by atoms with Crippen LogP contribution in [-0.2, 0) is 6.54 Å². The highest BCUT2D eigenvalue weighted by molar-refractivity contribution is 5.16. The molecule has 1 aromatic heterocycles. The van der Waals surface area contributed by atoms with Crippen molar-refractivity contribution < 1.29 is 4.74 Å². The van der Waals surface area contributed by atoms with Gasteiger partial charge in [-0.05, 0) is 25.8 Å². The lowest BCUT2D eigenvalue weighted by molar-refractivity contribution is 0.0814. The molecular weight excluding hydrogens is 250 g/mol. The van der Waals surface area contributed by atoms with E-state index in [1.54, 1.807) is 7.11 Å². The molecule has 0 radical (unpaired) electrons. The lowest BCUT2D eigenvalue weighted by atomic mass is 9.92. The minimum absolute atomic E-state index is 0.366. The fraction of sp³-hybridized carbons (Fsp3) is 0.688. The van der Waals surface area contributed by atoms with Crippen LogP contribution in [0.1, 0.15) is 38.3 Å². The molecule has 4 nitrogen and oxygen atoms in total. The summed E-state index contributed by atoms with van der Waals surface area (Å²) in [5.41, 5.74) is 1.47. The number of hydrogen-bond donors (Lipinski definition) is 1. The molecule has 1 saturated heterocycles. The van der Waals surface area contributed by atoms with E-state index in [2.05, 4.69) is 28.2 Å². The molecular formula is C16H25N3O. The standard InChI is InChI=1S/C16H25N3O/c1-13-10-17-16(8-3-4-9-16)12-19(13)11-14-6-5-7-15(18-14)20-2/h5-7,13,17H,3-4,8-12H2,1-2H3. The second kappa shape index (κ2) is 5.70. The molecule has 1 aromatic rings. The van der Waals surface area contributed by atoms with Gasteiger partial charge in [0.25, 0.3) is 0 Å². The van der Waals surface area contributed by atoms with Gasteiger partial charge in [-0.25, -0.2) is 4.98 Å². The molecule has 1 unspecified atom stereocenters. The largest absolute Gasteiger partial charge is 0.481 e. The smallest absolute Gasteiger partial charge is 0.213 e. The van der Waals surface area contributed by atoms with Crippen molar-refractivity contribution in [2.45, 2.75) is 50.7 Å². The number of methoxy groups -OCH3 is 1. The Balaban J connectivity index is 1.71. The minimum atomic E-state index is 0.366. The predicted octanol–water partition coefficient (Wildman–Crippen LogP) is 2.20. The fourth-order valence-electron chi connectivity index (χ4n) is 3.56. The van der Waals surface area contributed by atoms with Gasteiger partial charge in [-0.15, -0.1) is 0 Å². The van der Waals surface area contributed by atoms with Crippen molar-refractivity contribution in [3.05, 3.63) is 23.9 Å². The lowest BCUT2D eigenvalue weighted by Crippen LogP contribution is -2.62. The average Bonchev–Trinajstić information content (AvgIpc) is 2.92. The van der Waals surface area contributed by atoms with Crippen LogP contribution < -0.4 is 10.1 Å². The summed E-state index contributed by atoms with van der Waals surface area (Å²) < 4.78 is 5.22. The summed E-state index contributed by atoms with van der Waals surface area (Å²) in [5.74, 6) is 0.709. The van der Waals surface area contributed by atoms with Crippen molar-refractivity contribution in [2.24, 2.45) is 0 Å². The molecule has 0 bridgehead atoms. The zero-order chi connectivity index (χ0) is 14.0. The van der Waals surface area contributed by atoms with Crippen molar-refractivity contribution in [1.29, 1.82) is 0 Å². The molecule has 2 fully saturated rings. The summed E-state index contributed by atoms with van der Waals surface area (Å²) >= 11 is 0. The molecule has 4 heteroatoms. The van der Waals surface area contributed by atoms with E-state index >= 15 is 0 Å². The van der Waals surface area contributed by atoms with Crippen molar-refractivity contribution in [2.75, 3.05) is 20.2 Å². The average molecular weight is 275 g/mol. The Morgan fingerprint density at radius 1 is 1.40 bits per heavy atom. The first-order chi connectivity index (χ1) is 9.71. The molecule has 3 rings (SSSR count). The van der Waals surface area contributed by atoms with E-state index in [0.717, 1.165) is 25.3 Å². The van der Waals surface area contributed by atoms with Crippen molar-refractivity contribution in [3.63, 3.8) is 0 Å². The highest BCUT2D eigenvalue weighted by Gasteiger charge is 2.39. The number of ether oxygens (including phenoxy) is 1. The number of hydrogen-bond acceptors (Lipinski definition) is 4. The maximum absolute atomic E-state index is 5.22. The van der Waals surface area contributed by atoms with Crippen molar-refractivity contribution in [1.82, 2.24) is 15.2 Å². The normalized spacial score (nSPS) is 26.0. The van der Waals surface area contributed by atoms with Gasteiger partial charge in [-0.1, -0.05) is 18.9 Å². The van der Waals surface area contributed by atoms with Crippen LogP contribution in [0.2, 0.25) is 0 Å². The Morgan fingerprint density at radius 2 is 2.20 bits per heavy atom. The van der Waals surface area contributed by atoms with E-state index in [4.69, 9.17) is 4.74 Å². The van der Waals surface area contributed by atoms with Gasteiger partial charge in [-0.3, -0.25) is 4.90 Å². The third-order valence-electron chi connectivity index (χ3n) is 4.82. The SMILES string of the molecule is COc1cccc(CN2CC3(CCCC3)NCC2C)n1. The van der Waals surface area contributed by atoms with Gasteiger partial charge in [0, 0.05) is 37.3 Å². The zero-order valence-corrected chi connectivity index (χ0v) is 12.6. The van der Waals surface area contributed by atoms with Crippen molar-refractivity contribution in [3.8, 4) is 5.88 Å². The van der Waals surface area contributed by atoms with Gasteiger partial charge < -0.3 is 10.1 Å². The van der Waals surface area contributed by atoms with Crippen LogP contribution in [0, 0.1) is 0 Å². The fourth-order valence-corrected chi connectivity index (χ4v) is 3.56. The van der Waals surface area contributed by atoms with E-state index in [9.17, 15) is 0 Å². The number of rotatable bonds is 3. The predicted molar refractivity (Wildman–Crippen MR) is 79.9 cm³/mol. The third kappa shape index (κ3) is 2.81. The quantitative estimate of drug-likeness (QED) is 0.917. The summed E-state index contributed by atoms with van der Waals surface area (Å²) in [7, 11) is 1.67. The van der Waals surface area contributed by atoms with Crippen LogP contribution in [0.3, 0.4) is 0 Å². The van der Waals surface area contributed by atoms with Gasteiger partial charge in [-0.2, -0.15) is 0 Å². The van der Waals surface area contributed by atoms with Crippen LogP contribution in [-0.4, -0.2) is 41.7 Å². The maximum atomic E-state index is 5.22. The van der Waals surface area contributed by atoms with Gasteiger partial charge in [0.2, 0.25) is 5.88 Å². The Bertz CT molecular complexity index is 457. The highest BCUT2D eigenvalue weighted by Crippen LogP contribution is 2.33. The number of pyridine rings is 1. The monoisotopic (exact) mass is 275 g/mol. The van der Waals surface area contributed by atoms with Crippen molar-refractivity contribution >= 4 is 0 Å². The topological polar surface area (TPSA) is 37.4 Å². The van der Waals surface area contributed by atoms with Gasteiger partial charge in [0.15, 0.2) is 0 Å². The Kier molecular flexibility index (Phi) is 3.94. The molecule has 1 aliphatic carbocycles. The van der Waals surface area contributed by atoms with E-state index in [1.807, 2.05) is 12.1 Å². The molecule has 2 aliphatic rings. The summed E-state index contributed by atoms with van der Waals surface area (Å²) in [5, 5.41) is 3.80. The molecule has 1 aliphatic heterocycles. The number of piperazine rings is 1. The zero-order valence-electron chi connectivity index (χ0n) is 12.6. The molecule has 1 saturated carbocycles. The van der Waals surface area contributed by atoms with E-state index in [-0.39, 0.29) is 0 Å². The van der Waals surface area contributed by atoms with Crippen LogP contribution >= 0.6 is 0 Å². The van der Waals surface area contributed by atoms with Crippen LogP contribution in [0.4, 0.5) is 0 Å². The molecule has 0 aromatic carbocycles. The summed E-state index contributed by atoms with van der Waals surface area (Å²) in [4.78, 5) is 7.12. The second-order valence-electron chi connectivity index (χ2n) is 6.29. The van der Waals surface area contributed by atoms with Gasteiger partial charge in [0.05, 0.1) is 12.8 Å². The molecule has 20 heavy (non-hydrogen) atoms. The second-order valence-corrected chi connectivity index (χ2v) is 6.29. The van der Waals surface area contributed by atoms with Crippen LogP contribution in [0.5, 0.6) is 5.88 Å².